The molecule has 0 radical (unpaired) electrons. The summed E-state index contributed by atoms with van der Waals surface area (Å²) in [5, 5.41) is 2.80. The van der Waals surface area contributed by atoms with Crippen LogP contribution in [0.3, 0.4) is 0 Å². The fraction of sp³-hybridized carbons (Fsp3) is 0.250. The molecule has 0 bridgehead atoms. The fourth-order valence-electron chi connectivity index (χ4n) is 3.11. The number of amides is 3. The highest BCUT2D eigenvalue weighted by molar-refractivity contribution is 6.04. The first-order valence-corrected chi connectivity index (χ1v) is 8.44. The molecule has 0 saturated carbocycles. The highest BCUT2D eigenvalue weighted by Crippen LogP contribution is 2.30. The van der Waals surface area contributed by atoms with E-state index in [9.17, 15) is 14.4 Å². The van der Waals surface area contributed by atoms with Crippen LogP contribution in [0.5, 0.6) is 0 Å². The lowest BCUT2D eigenvalue weighted by atomic mass is 10.1. The summed E-state index contributed by atoms with van der Waals surface area (Å²) >= 11 is 0. The van der Waals surface area contributed by atoms with E-state index in [4.69, 9.17) is 5.73 Å². The molecule has 2 aromatic rings. The largest absolute Gasteiger partial charge is 0.366 e. The number of nitrogens with two attached hydrogens (primary N) is 1. The second-order valence-corrected chi connectivity index (χ2v) is 6.56. The Morgan fingerprint density at radius 2 is 1.81 bits per heavy atom. The Labute approximate surface area is 152 Å². The third-order valence-electron chi connectivity index (χ3n) is 4.80. The van der Waals surface area contributed by atoms with Crippen molar-refractivity contribution in [1.82, 2.24) is 0 Å². The number of hydrogen-bond acceptors (Lipinski definition) is 3. The van der Waals surface area contributed by atoms with E-state index in [0.29, 0.717) is 17.8 Å². The van der Waals surface area contributed by atoms with Gasteiger partial charge in [-0.2, -0.15) is 0 Å². The van der Waals surface area contributed by atoms with Crippen molar-refractivity contribution >= 4 is 29.1 Å². The molecule has 1 aliphatic rings. The van der Waals surface area contributed by atoms with Gasteiger partial charge in [0.05, 0.1) is 5.92 Å². The molecule has 1 aliphatic heterocycles. The van der Waals surface area contributed by atoms with E-state index in [0.717, 1.165) is 16.8 Å². The van der Waals surface area contributed by atoms with Gasteiger partial charge in [0, 0.05) is 29.9 Å². The lowest BCUT2D eigenvalue weighted by Gasteiger charge is -2.20. The molecule has 1 heterocycles. The van der Waals surface area contributed by atoms with E-state index in [-0.39, 0.29) is 18.2 Å². The number of carbonyl (C=O) groups excluding carboxylic acids is 3. The van der Waals surface area contributed by atoms with Gasteiger partial charge in [-0.25, -0.2) is 0 Å². The summed E-state index contributed by atoms with van der Waals surface area (Å²) in [7, 11) is 0. The fourth-order valence-corrected chi connectivity index (χ4v) is 3.11. The van der Waals surface area contributed by atoms with E-state index < -0.39 is 11.8 Å². The molecule has 1 unspecified atom stereocenters. The van der Waals surface area contributed by atoms with Crippen molar-refractivity contribution in [1.29, 1.82) is 0 Å². The van der Waals surface area contributed by atoms with Crippen LogP contribution in [0.15, 0.2) is 42.5 Å². The van der Waals surface area contributed by atoms with Crippen LogP contribution >= 0.6 is 0 Å². The monoisotopic (exact) mass is 351 g/mol. The Bertz CT molecular complexity index is 874. The summed E-state index contributed by atoms with van der Waals surface area (Å²) in [6.07, 6.45) is 0.179. The van der Waals surface area contributed by atoms with Crippen LogP contribution in [0, 0.1) is 19.8 Å². The second-order valence-electron chi connectivity index (χ2n) is 6.56. The highest BCUT2D eigenvalue weighted by atomic mass is 16.2. The average molecular weight is 351 g/mol. The summed E-state index contributed by atoms with van der Waals surface area (Å²) in [6.45, 7) is 4.33. The summed E-state index contributed by atoms with van der Waals surface area (Å²) in [5.74, 6) is -1.20. The summed E-state index contributed by atoms with van der Waals surface area (Å²) in [5.41, 5.74) is 9.16. The molecule has 1 fully saturated rings. The molecule has 6 nitrogen and oxygen atoms in total. The Morgan fingerprint density at radius 1 is 1.12 bits per heavy atom. The summed E-state index contributed by atoms with van der Waals surface area (Å²) in [4.78, 5) is 37.7. The molecule has 3 N–H and O–H groups in total. The third kappa shape index (κ3) is 3.44. The molecular weight excluding hydrogens is 330 g/mol. The Morgan fingerprint density at radius 3 is 2.46 bits per heavy atom. The molecule has 0 spiro atoms. The van der Waals surface area contributed by atoms with Crippen molar-refractivity contribution in [2.24, 2.45) is 11.7 Å². The zero-order valence-corrected chi connectivity index (χ0v) is 14.8. The van der Waals surface area contributed by atoms with Gasteiger partial charge < -0.3 is 16.0 Å². The van der Waals surface area contributed by atoms with Gasteiger partial charge in [-0.3, -0.25) is 14.4 Å². The lowest BCUT2D eigenvalue weighted by molar-refractivity contribution is -0.122. The Hall–Kier alpha value is -3.15. The molecule has 26 heavy (non-hydrogen) atoms. The maximum Gasteiger partial charge on any atom is 0.248 e. The van der Waals surface area contributed by atoms with Crippen molar-refractivity contribution in [3.8, 4) is 0 Å². The topological polar surface area (TPSA) is 92.5 Å². The molecule has 3 amide bonds. The second kappa shape index (κ2) is 7.00. The van der Waals surface area contributed by atoms with Gasteiger partial charge in [0.25, 0.3) is 0 Å². The predicted octanol–water partition coefficient (Wildman–Crippen LogP) is 2.39. The van der Waals surface area contributed by atoms with E-state index in [1.807, 2.05) is 32.0 Å². The number of aryl methyl sites for hydroxylation is 1. The van der Waals surface area contributed by atoms with Crippen LogP contribution in [0.2, 0.25) is 0 Å². The quantitative estimate of drug-likeness (QED) is 0.886. The number of benzene rings is 2. The molecule has 1 saturated heterocycles. The van der Waals surface area contributed by atoms with Crippen LogP contribution in [0.25, 0.3) is 0 Å². The van der Waals surface area contributed by atoms with Crippen molar-refractivity contribution in [2.75, 3.05) is 16.8 Å². The minimum absolute atomic E-state index is 0.0528. The molecule has 0 aromatic heterocycles. The maximum atomic E-state index is 12.5. The van der Waals surface area contributed by atoms with E-state index in [1.54, 1.807) is 29.2 Å². The molecule has 0 aliphatic carbocycles. The maximum absolute atomic E-state index is 12.5. The normalized spacial score (nSPS) is 16.6. The molecular formula is C20H21N3O3. The van der Waals surface area contributed by atoms with Gasteiger partial charge in [-0.1, -0.05) is 12.1 Å². The predicted molar refractivity (Wildman–Crippen MR) is 100.0 cm³/mol. The molecule has 134 valence electrons. The Balaban J connectivity index is 1.71. The van der Waals surface area contributed by atoms with Gasteiger partial charge in [0.2, 0.25) is 17.7 Å². The first kappa shape index (κ1) is 17.7. The molecule has 1 atom stereocenters. The third-order valence-corrected chi connectivity index (χ3v) is 4.80. The number of rotatable bonds is 4. The lowest BCUT2D eigenvalue weighted by Crippen LogP contribution is -2.28. The standard InChI is InChI=1S/C20H21N3O3/c1-12-4-3-5-17(13(12)2)23-11-15(10-18(23)24)20(26)22-16-8-6-14(7-9-16)19(21)25/h3-9,15H,10-11H2,1-2H3,(H2,21,25)(H,22,26). The first-order valence-electron chi connectivity index (χ1n) is 8.44. The molecule has 2 aromatic carbocycles. The van der Waals surface area contributed by atoms with Gasteiger partial charge in [0.1, 0.15) is 0 Å². The molecule has 6 heteroatoms. The van der Waals surface area contributed by atoms with E-state index in [2.05, 4.69) is 5.32 Å². The van der Waals surface area contributed by atoms with Gasteiger partial charge in [-0.15, -0.1) is 0 Å². The number of hydrogen-bond donors (Lipinski definition) is 2. The van der Waals surface area contributed by atoms with Gasteiger partial charge >= 0.3 is 0 Å². The zero-order valence-electron chi connectivity index (χ0n) is 14.8. The van der Waals surface area contributed by atoms with Crippen molar-refractivity contribution in [3.05, 3.63) is 59.2 Å². The minimum Gasteiger partial charge on any atom is -0.366 e. The van der Waals surface area contributed by atoms with Gasteiger partial charge in [-0.05, 0) is 55.3 Å². The van der Waals surface area contributed by atoms with Crippen LogP contribution in [-0.2, 0) is 9.59 Å². The van der Waals surface area contributed by atoms with Crippen LogP contribution in [0.4, 0.5) is 11.4 Å². The van der Waals surface area contributed by atoms with Crippen LogP contribution < -0.4 is 16.0 Å². The number of anilines is 2. The summed E-state index contributed by atoms with van der Waals surface area (Å²) in [6, 6.07) is 12.2. The average Bonchev–Trinajstić information content (AvgIpc) is 2.99. The first-order chi connectivity index (χ1) is 12.4. The number of nitrogens with one attached hydrogen (secondary N) is 1. The van der Waals surface area contributed by atoms with Crippen molar-refractivity contribution in [3.63, 3.8) is 0 Å². The number of nitrogens with zero attached hydrogens (tertiary/aromatic N) is 1. The van der Waals surface area contributed by atoms with Crippen molar-refractivity contribution in [2.45, 2.75) is 20.3 Å². The van der Waals surface area contributed by atoms with Crippen LogP contribution in [-0.4, -0.2) is 24.3 Å². The zero-order chi connectivity index (χ0) is 18.8. The number of primary amides is 1. The van der Waals surface area contributed by atoms with Crippen molar-refractivity contribution < 1.29 is 14.4 Å². The minimum atomic E-state index is -0.520. The van der Waals surface area contributed by atoms with Crippen LogP contribution in [0.1, 0.15) is 27.9 Å². The smallest absolute Gasteiger partial charge is 0.248 e. The van der Waals surface area contributed by atoms with E-state index >= 15 is 0 Å². The van der Waals surface area contributed by atoms with E-state index in [1.165, 1.54) is 0 Å². The highest BCUT2D eigenvalue weighted by Gasteiger charge is 2.35. The number of carbonyl (C=O) groups is 3. The SMILES string of the molecule is Cc1cccc(N2CC(C(=O)Nc3ccc(C(N)=O)cc3)CC2=O)c1C. The summed E-state index contributed by atoms with van der Waals surface area (Å²) < 4.78 is 0. The Kier molecular flexibility index (Phi) is 4.75. The van der Waals surface area contributed by atoms with Gasteiger partial charge in [0.15, 0.2) is 0 Å². The molecule has 3 rings (SSSR count).